The van der Waals surface area contributed by atoms with Gasteiger partial charge < -0.3 is 4.74 Å². The number of pyridine rings is 1. The fourth-order valence-electron chi connectivity index (χ4n) is 2.37. The molecule has 2 rings (SSSR count). The predicted molar refractivity (Wildman–Crippen MR) is 61.3 cm³/mol. The molecule has 0 saturated heterocycles. The molecule has 84 valence electrons. The van der Waals surface area contributed by atoms with Crippen LogP contribution in [-0.4, -0.2) is 12.1 Å². The second-order valence-electron chi connectivity index (χ2n) is 4.27. The molecule has 0 spiro atoms. The fourth-order valence-corrected chi connectivity index (χ4v) is 2.37. The van der Waals surface area contributed by atoms with Crippen LogP contribution in [-0.2, 0) is 0 Å². The van der Waals surface area contributed by atoms with Gasteiger partial charge in [0.1, 0.15) is 11.6 Å². The van der Waals surface area contributed by atoms with Gasteiger partial charge in [-0.1, -0.05) is 19.3 Å². The summed E-state index contributed by atoms with van der Waals surface area (Å²) in [6.07, 6.45) is 8.22. The van der Waals surface area contributed by atoms with Gasteiger partial charge in [0.2, 0.25) is 5.88 Å². The number of hydrogen-bond acceptors (Lipinski definition) is 3. The first-order valence-electron chi connectivity index (χ1n) is 5.79. The van der Waals surface area contributed by atoms with Gasteiger partial charge in [-0.3, -0.25) is 0 Å². The van der Waals surface area contributed by atoms with Crippen molar-refractivity contribution in [2.75, 3.05) is 7.11 Å². The standard InChI is InChI=1S/C13H16N2O/c1-16-13-11(8-14)7-12(9-15-13)10-5-3-2-4-6-10/h7,9-10H,2-6H2,1H3. The molecule has 0 bridgehead atoms. The lowest BCUT2D eigenvalue weighted by molar-refractivity contribution is 0.394. The van der Waals surface area contributed by atoms with E-state index in [9.17, 15) is 0 Å². The summed E-state index contributed by atoms with van der Waals surface area (Å²) in [4.78, 5) is 4.20. The molecular weight excluding hydrogens is 200 g/mol. The molecule has 16 heavy (non-hydrogen) atoms. The maximum absolute atomic E-state index is 9.00. The van der Waals surface area contributed by atoms with Crippen LogP contribution in [0.3, 0.4) is 0 Å². The van der Waals surface area contributed by atoms with E-state index in [4.69, 9.17) is 10.00 Å². The average Bonchev–Trinajstić information content (AvgIpc) is 2.39. The zero-order valence-corrected chi connectivity index (χ0v) is 9.57. The highest BCUT2D eigenvalue weighted by Gasteiger charge is 2.17. The second-order valence-corrected chi connectivity index (χ2v) is 4.27. The highest BCUT2D eigenvalue weighted by molar-refractivity contribution is 5.40. The van der Waals surface area contributed by atoms with Crippen LogP contribution in [0.4, 0.5) is 0 Å². The van der Waals surface area contributed by atoms with E-state index in [0.717, 1.165) is 0 Å². The minimum absolute atomic E-state index is 0.432. The highest BCUT2D eigenvalue weighted by atomic mass is 16.5. The molecule has 3 heteroatoms. The molecule has 0 atom stereocenters. The Balaban J connectivity index is 2.25. The van der Waals surface area contributed by atoms with Crippen LogP contribution in [0.15, 0.2) is 12.3 Å². The van der Waals surface area contributed by atoms with Gasteiger partial charge >= 0.3 is 0 Å². The first-order valence-corrected chi connectivity index (χ1v) is 5.79. The van der Waals surface area contributed by atoms with Crippen molar-refractivity contribution in [3.8, 4) is 11.9 Å². The molecule has 1 heterocycles. The van der Waals surface area contributed by atoms with Crippen LogP contribution in [0.2, 0.25) is 0 Å². The van der Waals surface area contributed by atoms with Crippen LogP contribution >= 0.6 is 0 Å². The largest absolute Gasteiger partial charge is 0.480 e. The average molecular weight is 216 g/mol. The summed E-state index contributed by atoms with van der Waals surface area (Å²) in [5, 5.41) is 9.00. The van der Waals surface area contributed by atoms with Crippen molar-refractivity contribution in [3.05, 3.63) is 23.4 Å². The second kappa shape index (κ2) is 4.98. The van der Waals surface area contributed by atoms with E-state index in [1.165, 1.54) is 37.7 Å². The van der Waals surface area contributed by atoms with E-state index in [1.54, 1.807) is 7.11 Å². The maximum atomic E-state index is 9.00. The van der Waals surface area contributed by atoms with Gasteiger partial charge in [0, 0.05) is 6.20 Å². The Morgan fingerprint density at radius 3 is 2.75 bits per heavy atom. The molecule has 1 aliphatic carbocycles. The summed E-state index contributed by atoms with van der Waals surface area (Å²) >= 11 is 0. The Morgan fingerprint density at radius 1 is 1.38 bits per heavy atom. The Kier molecular flexibility index (Phi) is 3.40. The lowest BCUT2D eigenvalue weighted by Crippen LogP contribution is -2.06. The molecule has 1 aromatic rings. The van der Waals surface area contributed by atoms with Gasteiger partial charge in [-0.2, -0.15) is 5.26 Å². The number of hydrogen-bond donors (Lipinski definition) is 0. The highest BCUT2D eigenvalue weighted by Crippen LogP contribution is 2.33. The van der Waals surface area contributed by atoms with E-state index in [2.05, 4.69) is 11.1 Å². The molecule has 3 nitrogen and oxygen atoms in total. The molecule has 0 unspecified atom stereocenters. The topological polar surface area (TPSA) is 45.9 Å². The lowest BCUT2D eigenvalue weighted by atomic mass is 9.84. The third-order valence-electron chi connectivity index (χ3n) is 3.26. The van der Waals surface area contributed by atoms with Crippen LogP contribution in [0.5, 0.6) is 5.88 Å². The predicted octanol–water partition coefficient (Wildman–Crippen LogP) is 3.01. The Morgan fingerprint density at radius 2 is 2.12 bits per heavy atom. The molecule has 1 aromatic heterocycles. The van der Waals surface area contributed by atoms with Crippen molar-refractivity contribution in [1.29, 1.82) is 5.26 Å². The van der Waals surface area contributed by atoms with Gasteiger partial charge in [0.25, 0.3) is 0 Å². The summed E-state index contributed by atoms with van der Waals surface area (Å²) in [6, 6.07) is 4.07. The van der Waals surface area contributed by atoms with Crippen LogP contribution in [0, 0.1) is 11.3 Å². The van der Waals surface area contributed by atoms with E-state index in [-0.39, 0.29) is 0 Å². The van der Waals surface area contributed by atoms with Gasteiger partial charge in [0.15, 0.2) is 0 Å². The monoisotopic (exact) mass is 216 g/mol. The third kappa shape index (κ3) is 2.16. The SMILES string of the molecule is COc1ncc(C2CCCCC2)cc1C#N. The molecular formula is C13H16N2O. The fraction of sp³-hybridized carbons (Fsp3) is 0.538. The van der Waals surface area contributed by atoms with Crippen LogP contribution in [0.25, 0.3) is 0 Å². The smallest absolute Gasteiger partial charge is 0.231 e. The van der Waals surface area contributed by atoms with Crippen molar-refractivity contribution >= 4 is 0 Å². The lowest BCUT2D eigenvalue weighted by Gasteiger charge is -2.21. The van der Waals surface area contributed by atoms with Gasteiger partial charge in [-0.05, 0) is 30.4 Å². The van der Waals surface area contributed by atoms with Crippen molar-refractivity contribution in [3.63, 3.8) is 0 Å². The number of aromatic nitrogens is 1. The van der Waals surface area contributed by atoms with E-state index in [0.29, 0.717) is 17.4 Å². The molecule has 0 amide bonds. The molecule has 1 saturated carbocycles. The summed E-state index contributed by atoms with van der Waals surface area (Å²) in [7, 11) is 1.55. The van der Waals surface area contributed by atoms with E-state index >= 15 is 0 Å². The molecule has 0 N–H and O–H groups in total. The van der Waals surface area contributed by atoms with Crippen molar-refractivity contribution in [2.45, 2.75) is 38.0 Å². The van der Waals surface area contributed by atoms with Crippen molar-refractivity contribution in [1.82, 2.24) is 4.98 Å². The molecule has 0 aliphatic heterocycles. The number of nitriles is 1. The summed E-state index contributed by atoms with van der Waals surface area (Å²) in [6.45, 7) is 0. The Bertz CT molecular complexity index is 403. The summed E-state index contributed by atoms with van der Waals surface area (Å²) in [5.74, 6) is 1.02. The molecule has 1 fully saturated rings. The van der Waals surface area contributed by atoms with Crippen LogP contribution < -0.4 is 4.74 Å². The first kappa shape index (κ1) is 10.9. The minimum atomic E-state index is 0.432. The minimum Gasteiger partial charge on any atom is -0.480 e. The number of ether oxygens (including phenoxy) is 1. The zero-order valence-electron chi connectivity index (χ0n) is 9.57. The van der Waals surface area contributed by atoms with E-state index < -0.39 is 0 Å². The Labute approximate surface area is 96.1 Å². The molecule has 1 aliphatic rings. The quantitative estimate of drug-likeness (QED) is 0.763. The number of rotatable bonds is 2. The first-order chi connectivity index (χ1) is 7.85. The van der Waals surface area contributed by atoms with Crippen LogP contribution in [0.1, 0.15) is 49.1 Å². The van der Waals surface area contributed by atoms with Gasteiger partial charge in [-0.25, -0.2) is 4.98 Å². The normalized spacial score (nSPS) is 16.8. The Hall–Kier alpha value is -1.56. The van der Waals surface area contributed by atoms with E-state index in [1.807, 2.05) is 12.3 Å². The third-order valence-corrected chi connectivity index (χ3v) is 3.26. The number of methoxy groups -OCH3 is 1. The van der Waals surface area contributed by atoms with Crippen molar-refractivity contribution in [2.24, 2.45) is 0 Å². The van der Waals surface area contributed by atoms with Gasteiger partial charge in [0.05, 0.1) is 7.11 Å². The van der Waals surface area contributed by atoms with Crippen molar-refractivity contribution < 1.29 is 4.74 Å². The molecule has 0 radical (unpaired) electrons. The van der Waals surface area contributed by atoms with Gasteiger partial charge in [-0.15, -0.1) is 0 Å². The summed E-state index contributed by atoms with van der Waals surface area (Å²) in [5.41, 5.74) is 1.74. The zero-order chi connectivity index (χ0) is 11.4. The molecule has 0 aromatic carbocycles. The summed E-state index contributed by atoms with van der Waals surface area (Å²) < 4.78 is 5.04. The maximum Gasteiger partial charge on any atom is 0.231 e. The number of nitrogens with zero attached hydrogens (tertiary/aromatic N) is 2.